The Hall–Kier alpha value is -1.47. The number of nitrogens with one attached hydrogen (secondary N) is 1. The van der Waals surface area contributed by atoms with E-state index in [1.54, 1.807) is 12.1 Å². The molecule has 2 unspecified atom stereocenters. The van der Waals surface area contributed by atoms with Crippen molar-refractivity contribution in [3.8, 4) is 0 Å². The van der Waals surface area contributed by atoms with Crippen LogP contribution in [0.2, 0.25) is 0 Å². The van der Waals surface area contributed by atoms with Crippen LogP contribution in [0.5, 0.6) is 0 Å². The fourth-order valence-electron chi connectivity index (χ4n) is 4.15. The lowest BCUT2D eigenvalue weighted by Gasteiger charge is -2.37. The molecule has 1 aliphatic heterocycles. The molecule has 152 valence electrons. The van der Waals surface area contributed by atoms with E-state index in [9.17, 15) is 13.2 Å². The molecule has 0 radical (unpaired) electrons. The molecule has 0 amide bonds. The summed E-state index contributed by atoms with van der Waals surface area (Å²) in [5.41, 5.74) is 6.07. The van der Waals surface area contributed by atoms with Crippen LogP contribution in [0.1, 0.15) is 45.1 Å². The van der Waals surface area contributed by atoms with E-state index in [-0.39, 0.29) is 23.9 Å². The summed E-state index contributed by atoms with van der Waals surface area (Å²) < 4.78 is 46.7. The van der Waals surface area contributed by atoms with Crippen molar-refractivity contribution in [2.24, 2.45) is 11.7 Å². The van der Waals surface area contributed by atoms with Gasteiger partial charge in [0.15, 0.2) is 0 Å². The van der Waals surface area contributed by atoms with Gasteiger partial charge in [0.05, 0.1) is 17.8 Å². The summed E-state index contributed by atoms with van der Waals surface area (Å²) in [6.07, 6.45) is -0.558. The van der Waals surface area contributed by atoms with Crippen molar-refractivity contribution in [1.82, 2.24) is 0 Å². The smallest absolute Gasteiger partial charge is 0.384 e. The van der Waals surface area contributed by atoms with E-state index in [0.29, 0.717) is 31.2 Å². The van der Waals surface area contributed by atoms with Gasteiger partial charge in [0, 0.05) is 37.1 Å². The third-order valence-electron chi connectivity index (χ3n) is 5.57. The van der Waals surface area contributed by atoms with Gasteiger partial charge in [-0.1, -0.05) is 0 Å². The Bertz CT molecular complexity index is 619. The number of hydrogen-bond donors (Lipinski definition) is 2. The summed E-state index contributed by atoms with van der Waals surface area (Å²) in [7, 11) is 0. The SMILES string of the molecule is CC1CN(c2ccc(NCC3CCC(N)CC3)c(C(F)(F)F)c2)CC(C)O1. The highest BCUT2D eigenvalue weighted by Gasteiger charge is 2.35. The molecule has 1 saturated carbocycles. The standard InChI is InChI=1S/C20H30F3N3O/c1-13-11-26(12-14(2)27-13)17-7-8-19(18(9-17)20(21,22)23)25-10-15-3-5-16(24)6-4-15/h7-9,13-16,25H,3-6,10-12,24H2,1-2H3. The molecular formula is C20H30F3N3O. The van der Waals surface area contributed by atoms with Crippen molar-refractivity contribution >= 4 is 11.4 Å². The number of benzene rings is 1. The van der Waals surface area contributed by atoms with Crippen molar-refractivity contribution in [3.63, 3.8) is 0 Å². The molecule has 0 aromatic heterocycles. The van der Waals surface area contributed by atoms with Gasteiger partial charge in [-0.25, -0.2) is 0 Å². The van der Waals surface area contributed by atoms with Crippen molar-refractivity contribution in [3.05, 3.63) is 23.8 Å². The van der Waals surface area contributed by atoms with Gasteiger partial charge in [-0.2, -0.15) is 13.2 Å². The molecule has 0 bridgehead atoms. The predicted octanol–water partition coefficient (Wildman–Crippen LogP) is 4.25. The second-order valence-electron chi connectivity index (χ2n) is 8.05. The number of nitrogens with zero attached hydrogens (tertiary/aromatic N) is 1. The first-order chi connectivity index (χ1) is 12.7. The Labute approximate surface area is 159 Å². The van der Waals surface area contributed by atoms with Gasteiger partial charge in [0.25, 0.3) is 0 Å². The van der Waals surface area contributed by atoms with Gasteiger partial charge in [0.1, 0.15) is 0 Å². The first kappa shape index (κ1) is 20.3. The number of alkyl halides is 3. The van der Waals surface area contributed by atoms with Crippen molar-refractivity contribution in [2.75, 3.05) is 29.9 Å². The Morgan fingerprint density at radius 2 is 1.74 bits per heavy atom. The van der Waals surface area contributed by atoms with E-state index in [0.717, 1.165) is 25.7 Å². The molecule has 3 N–H and O–H groups in total. The second-order valence-corrected chi connectivity index (χ2v) is 8.05. The van der Waals surface area contributed by atoms with Crippen LogP contribution >= 0.6 is 0 Å². The van der Waals surface area contributed by atoms with E-state index in [1.165, 1.54) is 6.07 Å². The van der Waals surface area contributed by atoms with Crippen LogP contribution in [0.3, 0.4) is 0 Å². The quantitative estimate of drug-likeness (QED) is 0.814. The lowest BCUT2D eigenvalue weighted by atomic mass is 9.86. The van der Waals surface area contributed by atoms with Crippen LogP contribution in [-0.4, -0.2) is 37.9 Å². The zero-order valence-corrected chi connectivity index (χ0v) is 16.1. The summed E-state index contributed by atoms with van der Waals surface area (Å²) in [5.74, 6) is 0.381. The number of ether oxygens (including phenoxy) is 1. The zero-order chi connectivity index (χ0) is 19.6. The average molecular weight is 385 g/mol. The summed E-state index contributed by atoms with van der Waals surface area (Å²) in [6.45, 7) is 5.63. The molecule has 7 heteroatoms. The minimum Gasteiger partial charge on any atom is -0.384 e. The summed E-state index contributed by atoms with van der Waals surface area (Å²) >= 11 is 0. The average Bonchev–Trinajstić information content (AvgIpc) is 2.59. The maximum Gasteiger partial charge on any atom is 0.418 e. The highest BCUT2D eigenvalue weighted by molar-refractivity contribution is 5.62. The fourth-order valence-corrected chi connectivity index (χ4v) is 4.15. The van der Waals surface area contributed by atoms with E-state index < -0.39 is 11.7 Å². The topological polar surface area (TPSA) is 50.5 Å². The third kappa shape index (κ3) is 5.29. The summed E-state index contributed by atoms with van der Waals surface area (Å²) in [5, 5.41) is 3.05. The van der Waals surface area contributed by atoms with Crippen LogP contribution in [0.25, 0.3) is 0 Å². The second kappa shape index (κ2) is 8.27. The number of hydrogen-bond acceptors (Lipinski definition) is 4. The molecule has 0 spiro atoms. The van der Waals surface area contributed by atoms with E-state index in [1.807, 2.05) is 18.7 Å². The predicted molar refractivity (Wildman–Crippen MR) is 102 cm³/mol. The molecule has 3 rings (SSSR count). The van der Waals surface area contributed by atoms with Gasteiger partial charge in [-0.05, 0) is 63.6 Å². The highest BCUT2D eigenvalue weighted by Crippen LogP contribution is 2.38. The fraction of sp³-hybridized carbons (Fsp3) is 0.700. The first-order valence-corrected chi connectivity index (χ1v) is 9.83. The van der Waals surface area contributed by atoms with E-state index >= 15 is 0 Å². The van der Waals surface area contributed by atoms with Crippen molar-refractivity contribution < 1.29 is 17.9 Å². The number of morpholine rings is 1. The molecule has 2 fully saturated rings. The molecular weight excluding hydrogens is 355 g/mol. The molecule has 1 saturated heterocycles. The van der Waals surface area contributed by atoms with Gasteiger partial charge in [0.2, 0.25) is 0 Å². The number of nitrogens with two attached hydrogens (primary N) is 1. The largest absolute Gasteiger partial charge is 0.418 e. The van der Waals surface area contributed by atoms with Gasteiger partial charge in [-0.3, -0.25) is 0 Å². The van der Waals surface area contributed by atoms with Crippen molar-refractivity contribution in [2.45, 2.75) is 64.0 Å². The Kier molecular flexibility index (Phi) is 6.21. The zero-order valence-electron chi connectivity index (χ0n) is 16.1. The highest BCUT2D eigenvalue weighted by atomic mass is 19.4. The van der Waals surface area contributed by atoms with Crippen LogP contribution < -0.4 is 16.0 Å². The lowest BCUT2D eigenvalue weighted by molar-refractivity contribution is -0.136. The molecule has 27 heavy (non-hydrogen) atoms. The van der Waals surface area contributed by atoms with Crippen LogP contribution in [0, 0.1) is 5.92 Å². The summed E-state index contributed by atoms with van der Waals surface area (Å²) in [6, 6.07) is 4.85. The van der Waals surface area contributed by atoms with Crippen LogP contribution in [0.15, 0.2) is 18.2 Å². The Morgan fingerprint density at radius 1 is 1.11 bits per heavy atom. The first-order valence-electron chi connectivity index (χ1n) is 9.83. The van der Waals surface area contributed by atoms with Crippen LogP contribution in [-0.2, 0) is 10.9 Å². The number of anilines is 2. The van der Waals surface area contributed by atoms with Crippen LogP contribution in [0.4, 0.5) is 24.5 Å². The van der Waals surface area contributed by atoms with Gasteiger partial charge < -0.3 is 20.7 Å². The monoisotopic (exact) mass is 385 g/mol. The molecule has 2 atom stereocenters. The molecule has 1 aromatic rings. The van der Waals surface area contributed by atoms with Crippen molar-refractivity contribution in [1.29, 1.82) is 0 Å². The molecule has 1 aliphatic carbocycles. The van der Waals surface area contributed by atoms with Gasteiger partial charge >= 0.3 is 6.18 Å². The molecule has 1 aromatic carbocycles. The lowest BCUT2D eigenvalue weighted by Crippen LogP contribution is -2.45. The third-order valence-corrected chi connectivity index (χ3v) is 5.57. The normalized spacial score (nSPS) is 29.6. The molecule has 4 nitrogen and oxygen atoms in total. The minimum absolute atomic E-state index is 0.00133. The number of rotatable bonds is 4. The molecule has 2 aliphatic rings. The summed E-state index contributed by atoms with van der Waals surface area (Å²) in [4.78, 5) is 1.97. The van der Waals surface area contributed by atoms with E-state index in [2.05, 4.69) is 5.32 Å². The number of halogens is 3. The minimum atomic E-state index is -4.39. The Balaban J connectivity index is 1.74. The maximum atomic E-state index is 13.7. The Morgan fingerprint density at radius 3 is 2.33 bits per heavy atom. The maximum absolute atomic E-state index is 13.7. The molecule has 1 heterocycles. The van der Waals surface area contributed by atoms with E-state index in [4.69, 9.17) is 10.5 Å². The van der Waals surface area contributed by atoms with Gasteiger partial charge in [-0.15, -0.1) is 0 Å².